The molecule has 0 bridgehead atoms. The highest BCUT2D eigenvalue weighted by atomic mass is 32.2. The summed E-state index contributed by atoms with van der Waals surface area (Å²) in [5, 5.41) is 14.5. The minimum atomic E-state index is -1.18. The van der Waals surface area contributed by atoms with Crippen molar-refractivity contribution in [2.24, 2.45) is 0 Å². The van der Waals surface area contributed by atoms with E-state index in [2.05, 4.69) is 10.6 Å². The van der Waals surface area contributed by atoms with Gasteiger partial charge in [0.15, 0.2) is 0 Å². The first-order chi connectivity index (χ1) is 17.3. The number of ether oxygens (including phenoxy) is 1. The molecular weight excluding hydrogens is 480 g/mol. The highest BCUT2D eigenvalue weighted by Crippen LogP contribution is 2.29. The van der Waals surface area contributed by atoms with Crippen molar-refractivity contribution in [3.63, 3.8) is 0 Å². The van der Waals surface area contributed by atoms with Crippen LogP contribution in [0.4, 0.5) is 11.4 Å². The van der Waals surface area contributed by atoms with E-state index in [-0.39, 0.29) is 23.6 Å². The first kappa shape index (κ1) is 26.5. The van der Waals surface area contributed by atoms with Gasteiger partial charge in [-0.3, -0.25) is 9.59 Å². The molecule has 3 aromatic carbocycles. The molecule has 1 unspecified atom stereocenters. The fraction of sp³-hybridized carbons (Fsp3) is 0.185. The number of carbonyl (C=O) groups is 4. The molecule has 3 aromatic rings. The summed E-state index contributed by atoms with van der Waals surface area (Å²) in [4.78, 5) is 49.5. The van der Waals surface area contributed by atoms with E-state index in [4.69, 9.17) is 4.74 Å². The number of hydrogen-bond acceptors (Lipinski definition) is 6. The lowest BCUT2D eigenvalue weighted by Crippen LogP contribution is -2.24. The smallest absolute Gasteiger partial charge is 0.338 e. The Bertz CT molecular complexity index is 1260. The van der Waals surface area contributed by atoms with Crippen LogP contribution in [-0.4, -0.2) is 40.7 Å². The van der Waals surface area contributed by atoms with Gasteiger partial charge < -0.3 is 20.5 Å². The Morgan fingerprint density at radius 1 is 0.861 bits per heavy atom. The summed E-state index contributed by atoms with van der Waals surface area (Å²) in [7, 11) is 0. The molecule has 186 valence electrons. The zero-order valence-electron chi connectivity index (χ0n) is 19.8. The molecule has 3 N–H and O–H groups in total. The largest absolute Gasteiger partial charge is 0.478 e. The van der Waals surface area contributed by atoms with E-state index in [1.165, 1.54) is 23.9 Å². The average Bonchev–Trinajstić information content (AvgIpc) is 2.88. The van der Waals surface area contributed by atoms with Gasteiger partial charge in [-0.25, -0.2) is 9.59 Å². The number of benzene rings is 3. The van der Waals surface area contributed by atoms with E-state index >= 15 is 0 Å². The van der Waals surface area contributed by atoms with Crippen molar-refractivity contribution in [2.45, 2.75) is 30.4 Å². The van der Waals surface area contributed by atoms with Gasteiger partial charge in [-0.2, -0.15) is 0 Å². The Morgan fingerprint density at radius 2 is 1.56 bits per heavy atom. The number of esters is 1. The second kappa shape index (κ2) is 12.6. The molecule has 0 heterocycles. The fourth-order valence-electron chi connectivity index (χ4n) is 3.33. The van der Waals surface area contributed by atoms with Crippen molar-refractivity contribution in [1.82, 2.24) is 0 Å². The van der Waals surface area contributed by atoms with Crippen LogP contribution in [-0.2, 0) is 9.53 Å². The number of hydrogen-bond donors (Lipinski definition) is 3. The molecule has 0 fully saturated rings. The summed E-state index contributed by atoms with van der Waals surface area (Å²) in [5.74, 6) is -2.34. The molecule has 0 radical (unpaired) electrons. The van der Waals surface area contributed by atoms with Crippen molar-refractivity contribution >= 4 is 46.9 Å². The lowest BCUT2D eigenvalue weighted by Gasteiger charge is -2.16. The molecule has 0 aliphatic carbocycles. The number of carboxylic acid groups (broad SMARTS) is 1. The molecule has 0 saturated heterocycles. The number of nitrogens with one attached hydrogen (secondary N) is 2. The highest BCUT2D eigenvalue weighted by Gasteiger charge is 2.20. The van der Waals surface area contributed by atoms with Gasteiger partial charge in [0, 0.05) is 16.3 Å². The quantitative estimate of drug-likeness (QED) is 0.251. The third-order valence-corrected chi connectivity index (χ3v) is 6.46. The third kappa shape index (κ3) is 6.96. The number of amides is 2. The molecule has 0 aromatic heterocycles. The normalized spacial score (nSPS) is 11.3. The van der Waals surface area contributed by atoms with Crippen molar-refractivity contribution in [1.29, 1.82) is 0 Å². The minimum absolute atomic E-state index is 0.0582. The van der Waals surface area contributed by atoms with E-state index in [9.17, 15) is 24.3 Å². The monoisotopic (exact) mass is 506 g/mol. The van der Waals surface area contributed by atoms with Gasteiger partial charge in [0.1, 0.15) is 0 Å². The van der Waals surface area contributed by atoms with Crippen LogP contribution in [0.3, 0.4) is 0 Å². The molecule has 0 spiro atoms. The standard InChI is InChI=1S/C27H26N2O6S/c1-3-23(25(31)28-18-14-12-17(13-15-18)27(34)35-4-2)36-20-9-7-8-19(16-20)29-24(30)21-10-5-6-11-22(21)26(32)33/h5-16,23H,3-4H2,1-2H3,(H,28,31)(H,29,30)(H,32,33). The van der Waals surface area contributed by atoms with Gasteiger partial charge in [-0.05, 0) is 67.9 Å². The number of carboxylic acids is 1. The minimum Gasteiger partial charge on any atom is -0.478 e. The van der Waals surface area contributed by atoms with Gasteiger partial charge in [0.2, 0.25) is 5.91 Å². The molecular formula is C27H26N2O6S. The molecule has 0 aliphatic rings. The summed E-state index contributed by atoms with van der Waals surface area (Å²) < 4.78 is 4.96. The Hall–Kier alpha value is -4.11. The van der Waals surface area contributed by atoms with Crippen LogP contribution in [0.1, 0.15) is 51.3 Å². The molecule has 0 aliphatic heterocycles. The molecule has 2 amide bonds. The maximum absolute atomic E-state index is 12.9. The Balaban J connectivity index is 1.66. The fourth-order valence-corrected chi connectivity index (χ4v) is 4.34. The van der Waals surface area contributed by atoms with Gasteiger partial charge in [-0.15, -0.1) is 11.8 Å². The zero-order chi connectivity index (χ0) is 26.1. The zero-order valence-corrected chi connectivity index (χ0v) is 20.6. The second-order valence-electron chi connectivity index (χ2n) is 7.63. The van der Waals surface area contributed by atoms with Gasteiger partial charge in [0.05, 0.1) is 28.5 Å². The molecule has 1 atom stereocenters. The number of anilines is 2. The molecule has 3 rings (SSSR count). The maximum Gasteiger partial charge on any atom is 0.338 e. The van der Waals surface area contributed by atoms with Gasteiger partial charge in [0.25, 0.3) is 5.91 Å². The summed E-state index contributed by atoms with van der Waals surface area (Å²) in [5.41, 5.74) is 1.42. The molecule has 0 saturated carbocycles. The van der Waals surface area contributed by atoms with E-state index < -0.39 is 23.1 Å². The van der Waals surface area contributed by atoms with Crippen LogP contribution in [0.2, 0.25) is 0 Å². The number of thioether (sulfide) groups is 1. The van der Waals surface area contributed by atoms with Crippen LogP contribution in [0.25, 0.3) is 0 Å². The summed E-state index contributed by atoms with van der Waals surface area (Å²) in [6.07, 6.45) is 0.556. The third-order valence-electron chi connectivity index (χ3n) is 5.10. The van der Waals surface area contributed by atoms with Crippen LogP contribution >= 0.6 is 11.8 Å². The molecule has 36 heavy (non-hydrogen) atoms. The second-order valence-corrected chi connectivity index (χ2v) is 8.91. The molecule has 9 heteroatoms. The van der Waals surface area contributed by atoms with Crippen LogP contribution in [0.5, 0.6) is 0 Å². The Labute approximate surface area is 213 Å². The van der Waals surface area contributed by atoms with Crippen molar-refractivity contribution in [2.75, 3.05) is 17.2 Å². The van der Waals surface area contributed by atoms with Crippen LogP contribution in [0, 0.1) is 0 Å². The van der Waals surface area contributed by atoms with Crippen LogP contribution < -0.4 is 10.6 Å². The van der Waals surface area contributed by atoms with Crippen molar-refractivity contribution in [3.8, 4) is 0 Å². The average molecular weight is 507 g/mol. The van der Waals surface area contributed by atoms with Crippen molar-refractivity contribution in [3.05, 3.63) is 89.5 Å². The number of aromatic carboxylic acids is 1. The molecule has 8 nitrogen and oxygen atoms in total. The predicted octanol–water partition coefficient (Wildman–Crippen LogP) is 5.32. The Morgan fingerprint density at radius 3 is 2.19 bits per heavy atom. The summed E-state index contributed by atoms with van der Waals surface area (Å²) in [6, 6.07) is 19.5. The lowest BCUT2D eigenvalue weighted by molar-refractivity contribution is -0.115. The van der Waals surface area contributed by atoms with E-state index in [0.29, 0.717) is 23.4 Å². The van der Waals surface area contributed by atoms with E-state index in [0.717, 1.165) is 4.90 Å². The first-order valence-electron chi connectivity index (χ1n) is 11.3. The summed E-state index contributed by atoms with van der Waals surface area (Å²) in [6.45, 7) is 3.92. The Kier molecular flexibility index (Phi) is 9.24. The van der Waals surface area contributed by atoms with Crippen LogP contribution in [0.15, 0.2) is 77.7 Å². The SMILES string of the molecule is CCOC(=O)c1ccc(NC(=O)C(CC)Sc2cccc(NC(=O)c3ccccc3C(=O)O)c2)cc1. The van der Waals surface area contributed by atoms with E-state index in [1.807, 2.05) is 13.0 Å². The topological polar surface area (TPSA) is 122 Å². The highest BCUT2D eigenvalue weighted by molar-refractivity contribution is 8.00. The van der Waals surface area contributed by atoms with E-state index in [1.54, 1.807) is 61.5 Å². The summed E-state index contributed by atoms with van der Waals surface area (Å²) >= 11 is 1.34. The van der Waals surface area contributed by atoms with Gasteiger partial charge in [-0.1, -0.05) is 25.1 Å². The maximum atomic E-state index is 12.9. The number of carbonyl (C=O) groups excluding carboxylic acids is 3. The van der Waals surface area contributed by atoms with Crippen molar-refractivity contribution < 1.29 is 29.0 Å². The van der Waals surface area contributed by atoms with Gasteiger partial charge >= 0.3 is 11.9 Å². The lowest BCUT2D eigenvalue weighted by atomic mass is 10.1. The predicted molar refractivity (Wildman–Crippen MR) is 139 cm³/mol. The number of rotatable bonds is 10. The first-order valence-corrected chi connectivity index (χ1v) is 12.2.